The van der Waals surface area contributed by atoms with Crippen molar-refractivity contribution in [1.29, 1.82) is 0 Å². The van der Waals surface area contributed by atoms with E-state index in [1.807, 2.05) is 66.8 Å². The molecule has 122 valence electrons. The largest absolute Gasteiger partial charge is 0.451 e. The van der Waals surface area contributed by atoms with Crippen LogP contribution in [0.1, 0.15) is 26.3 Å². The third kappa shape index (κ3) is 2.94. The maximum absolute atomic E-state index is 12.6. The van der Waals surface area contributed by atoms with Crippen molar-refractivity contribution in [2.45, 2.75) is 11.5 Å². The van der Waals surface area contributed by atoms with Gasteiger partial charge in [-0.2, -0.15) is 0 Å². The minimum atomic E-state index is -0.201. The zero-order chi connectivity index (χ0) is 16.5. The van der Waals surface area contributed by atoms with Gasteiger partial charge in [0, 0.05) is 28.1 Å². The van der Waals surface area contributed by atoms with Gasteiger partial charge >= 0.3 is 0 Å². The molecule has 4 rings (SSSR count). The van der Waals surface area contributed by atoms with Crippen LogP contribution in [0.25, 0.3) is 11.0 Å². The van der Waals surface area contributed by atoms with Gasteiger partial charge in [-0.15, -0.1) is 23.5 Å². The lowest BCUT2D eigenvalue weighted by Gasteiger charge is -2.10. The van der Waals surface area contributed by atoms with E-state index >= 15 is 0 Å². The Kier molecular flexibility index (Phi) is 4.29. The second-order valence-electron chi connectivity index (χ2n) is 5.71. The summed E-state index contributed by atoms with van der Waals surface area (Å²) < 4.78 is 6.21. The molecule has 0 bridgehead atoms. The highest BCUT2D eigenvalue weighted by molar-refractivity contribution is 8.19. The summed E-state index contributed by atoms with van der Waals surface area (Å²) in [6.45, 7) is 1.92. The summed E-state index contributed by atoms with van der Waals surface area (Å²) >= 11 is 3.91. The average Bonchev–Trinajstić information content (AvgIpc) is 3.24. The molecule has 1 aliphatic rings. The number of para-hydroxylation sites is 1. The molecule has 2 heterocycles. The lowest BCUT2D eigenvalue weighted by Crippen LogP contribution is -2.12. The number of amides is 1. The van der Waals surface area contributed by atoms with Crippen LogP contribution in [0, 0.1) is 6.92 Å². The predicted octanol–water partition coefficient (Wildman–Crippen LogP) is 5.47. The number of carbonyl (C=O) groups excluding carboxylic acids is 1. The van der Waals surface area contributed by atoms with Crippen LogP contribution in [0.2, 0.25) is 0 Å². The van der Waals surface area contributed by atoms with Crippen molar-refractivity contribution >= 4 is 46.1 Å². The lowest BCUT2D eigenvalue weighted by atomic mass is 10.1. The standard InChI is InChI=1S/C19H17NO2S2/c1-12-15-7-2-3-8-16(15)22-17(12)18(21)20-14-6-4-5-13(11-14)19-23-9-10-24-19/h2-8,11,19H,9-10H2,1H3,(H,20,21). The first-order chi connectivity index (χ1) is 11.7. The van der Waals surface area contributed by atoms with E-state index in [1.165, 1.54) is 17.1 Å². The lowest BCUT2D eigenvalue weighted by molar-refractivity contribution is 0.0998. The molecule has 3 nitrogen and oxygen atoms in total. The highest BCUT2D eigenvalue weighted by atomic mass is 32.2. The van der Waals surface area contributed by atoms with Gasteiger partial charge in [-0.05, 0) is 30.7 Å². The summed E-state index contributed by atoms with van der Waals surface area (Å²) in [7, 11) is 0. The van der Waals surface area contributed by atoms with E-state index in [0.29, 0.717) is 10.3 Å². The molecular formula is C19H17NO2S2. The van der Waals surface area contributed by atoms with Gasteiger partial charge in [-0.3, -0.25) is 4.79 Å². The van der Waals surface area contributed by atoms with Crippen molar-refractivity contribution in [1.82, 2.24) is 0 Å². The van der Waals surface area contributed by atoms with Crippen molar-refractivity contribution in [2.75, 3.05) is 16.8 Å². The number of furan rings is 1. The molecule has 0 saturated carbocycles. The number of nitrogens with one attached hydrogen (secondary N) is 1. The Morgan fingerprint density at radius 3 is 2.71 bits per heavy atom. The number of hydrogen-bond donors (Lipinski definition) is 1. The minimum absolute atomic E-state index is 0.201. The number of fused-ring (bicyclic) bond motifs is 1. The molecule has 0 spiro atoms. The van der Waals surface area contributed by atoms with Gasteiger partial charge in [0.25, 0.3) is 5.91 Å². The van der Waals surface area contributed by atoms with Crippen LogP contribution >= 0.6 is 23.5 Å². The van der Waals surface area contributed by atoms with Crippen LogP contribution in [-0.2, 0) is 0 Å². The van der Waals surface area contributed by atoms with Gasteiger partial charge in [0.1, 0.15) is 5.58 Å². The monoisotopic (exact) mass is 355 g/mol. The third-order valence-electron chi connectivity index (χ3n) is 4.09. The van der Waals surface area contributed by atoms with Crippen LogP contribution in [0.3, 0.4) is 0 Å². The molecule has 3 aromatic rings. The van der Waals surface area contributed by atoms with Crippen LogP contribution in [-0.4, -0.2) is 17.4 Å². The van der Waals surface area contributed by atoms with Gasteiger partial charge in [-0.25, -0.2) is 0 Å². The molecule has 0 aliphatic carbocycles. The Morgan fingerprint density at radius 1 is 1.12 bits per heavy atom. The molecule has 0 radical (unpaired) electrons. The van der Waals surface area contributed by atoms with Crippen LogP contribution < -0.4 is 5.32 Å². The van der Waals surface area contributed by atoms with E-state index < -0.39 is 0 Å². The third-order valence-corrected chi connectivity index (χ3v) is 7.19. The smallest absolute Gasteiger partial charge is 0.291 e. The maximum atomic E-state index is 12.6. The van der Waals surface area contributed by atoms with Crippen LogP contribution in [0.5, 0.6) is 0 Å². The van der Waals surface area contributed by atoms with Crippen LogP contribution in [0.4, 0.5) is 5.69 Å². The van der Waals surface area contributed by atoms with E-state index in [-0.39, 0.29) is 5.91 Å². The molecule has 1 aliphatic heterocycles. The molecule has 0 unspecified atom stereocenters. The molecule has 1 fully saturated rings. The van der Waals surface area contributed by atoms with E-state index in [2.05, 4.69) is 17.4 Å². The summed E-state index contributed by atoms with van der Waals surface area (Å²) in [6.07, 6.45) is 0. The second-order valence-corrected chi connectivity index (χ2v) is 8.43. The molecule has 1 saturated heterocycles. The van der Waals surface area contributed by atoms with Crippen molar-refractivity contribution in [2.24, 2.45) is 0 Å². The van der Waals surface area contributed by atoms with Gasteiger partial charge < -0.3 is 9.73 Å². The number of benzene rings is 2. The van der Waals surface area contributed by atoms with E-state index in [4.69, 9.17) is 4.42 Å². The number of aryl methyl sites for hydroxylation is 1. The van der Waals surface area contributed by atoms with Crippen molar-refractivity contribution < 1.29 is 9.21 Å². The molecule has 1 aromatic heterocycles. The van der Waals surface area contributed by atoms with E-state index in [9.17, 15) is 4.79 Å². The SMILES string of the molecule is Cc1c(C(=O)Nc2cccc(C3SCCS3)c2)oc2ccccc12. The van der Waals surface area contributed by atoms with Gasteiger partial charge in [-0.1, -0.05) is 30.3 Å². The quantitative estimate of drug-likeness (QED) is 0.676. The Morgan fingerprint density at radius 2 is 1.92 bits per heavy atom. The topological polar surface area (TPSA) is 42.2 Å². The highest BCUT2D eigenvalue weighted by Gasteiger charge is 2.20. The summed E-state index contributed by atoms with van der Waals surface area (Å²) in [4.78, 5) is 12.6. The Labute approximate surface area is 149 Å². The van der Waals surface area contributed by atoms with E-state index in [0.717, 1.165) is 22.2 Å². The number of hydrogen-bond acceptors (Lipinski definition) is 4. The molecule has 1 N–H and O–H groups in total. The maximum Gasteiger partial charge on any atom is 0.291 e. The highest BCUT2D eigenvalue weighted by Crippen LogP contribution is 2.45. The Balaban J connectivity index is 1.59. The first-order valence-electron chi connectivity index (χ1n) is 7.85. The van der Waals surface area contributed by atoms with Gasteiger partial charge in [0.05, 0.1) is 4.58 Å². The Hall–Kier alpha value is -1.85. The normalized spacial score (nSPS) is 15.0. The summed E-state index contributed by atoms with van der Waals surface area (Å²) in [5.74, 6) is 2.55. The summed E-state index contributed by atoms with van der Waals surface area (Å²) in [5, 5.41) is 3.95. The molecule has 0 atom stereocenters. The number of thioether (sulfide) groups is 2. The average molecular weight is 355 g/mol. The molecule has 5 heteroatoms. The molecule has 1 amide bonds. The van der Waals surface area contributed by atoms with Gasteiger partial charge in [0.15, 0.2) is 5.76 Å². The van der Waals surface area contributed by atoms with Crippen molar-refractivity contribution in [3.63, 3.8) is 0 Å². The fourth-order valence-corrected chi connectivity index (χ4v) is 5.73. The van der Waals surface area contributed by atoms with Crippen molar-refractivity contribution in [3.8, 4) is 0 Å². The zero-order valence-corrected chi connectivity index (χ0v) is 14.9. The zero-order valence-electron chi connectivity index (χ0n) is 13.2. The molecule has 2 aromatic carbocycles. The number of carbonyl (C=O) groups is 1. The molecule has 24 heavy (non-hydrogen) atoms. The summed E-state index contributed by atoms with van der Waals surface area (Å²) in [5.41, 5.74) is 3.68. The van der Waals surface area contributed by atoms with Gasteiger partial charge in [0.2, 0.25) is 0 Å². The fourth-order valence-electron chi connectivity index (χ4n) is 2.89. The number of anilines is 1. The van der Waals surface area contributed by atoms with E-state index in [1.54, 1.807) is 0 Å². The predicted molar refractivity (Wildman–Crippen MR) is 103 cm³/mol. The van der Waals surface area contributed by atoms with Crippen molar-refractivity contribution in [3.05, 3.63) is 65.4 Å². The molecular weight excluding hydrogens is 338 g/mol. The fraction of sp³-hybridized carbons (Fsp3) is 0.211. The number of rotatable bonds is 3. The first-order valence-corrected chi connectivity index (χ1v) is 9.95. The first kappa shape index (κ1) is 15.7. The van der Waals surface area contributed by atoms with Crippen LogP contribution in [0.15, 0.2) is 52.9 Å². The summed E-state index contributed by atoms with van der Waals surface area (Å²) in [6, 6.07) is 15.8. The Bertz CT molecular complexity index is 897. The minimum Gasteiger partial charge on any atom is -0.451 e. The second kappa shape index (κ2) is 6.57.